The predicted molar refractivity (Wildman–Crippen MR) is 85.2 cm³/mol. The van der Waals surface area contributed by atoms with Gasteiger partial charge >= 0.3 is 0 Å². The fraction of sp³-hybridized carbons (Fsp3) is 0.882. The molecule has 1 saturated heterocycles. The van der Waals surface area contributed by atoms with Crippen LogP contribution in [-0.2, 0) is 14.3 Å². The smallest absolute Gasteiger partial charge is 0.251 e. The van der Waals surface area contributed by atoms with Crippen LogP contribution >= 0.6 is 0 Å². The highest BCUT2D eigenvalue weighted by molar-refractivity contribution is 5.82. The lowest BCUT2D eigenvalue weighted by Crippen LogP contribution is -2.49. The number of carbonyl (C=O) groups excluding carboxylic acids is 2. The molecule has 2 aliphatic rings. The Balaban J connectivity index is 1.90. The van der Waals surface area contributed by atoms with Gasteiger partial charge < -0.3 is 15.4 Å². The minimum atomic E-state index is -0.420. The normalized spacial score (nSPS) is 25.5. The van der Waals surface area contributed by atoms with E-state index in [9.17, 15) is 9.59 Å². The van der Waals surface area contributed by atoms with Gasteiger partial charge in [0.05, 0.1) is 6.10 Å². The van der Waals surface area contributed by atoms with E-state index in [4.69, 9.17) is 10.5 Å². The van der Waals surface area contributed by atoms with Gasteiger partial charge in [-0.05, 0) is 39.0 Å². The first-order valence-corrected chi connectivity index (χ1v) is 8.82. The minimum Gasteiger partial charge on any atom is -0.370 e. The zero-order valence-electron chi connectivity index (χ0n) is 13.8. The van der Waals surface area contributed by atoms with E-state index in [-0.39, 0.29) is 30.4 Å². The molecule has 1 aliphatic carbocycles. The second-order valence-corrected chi connectivity index (χ2v) is 6.74. The Morgan fingerprint density at radius 2 is 1.73 bits per heavy atom. The average molecular weight is 310 g/mol. The maximum Gasteiger partial charge on any atom is 0.251 e. The maximum atomic E-state index is 12.7. The molecule has 126 valence electrons. The maximum absolute atomic E-state index is 12.7. The number of likely N-dealkylation sites (tertiary alicyclic amines) is 1. The zero-order valence-corrected chi connectivity index (χ0v) is 13.8. The Labute approximate surface area is 133 Å². The molecule has 1 aliphatic heterocycles. The number of primary amides is 1. The van der Waals surface area contributed by atoms with E-state index in [1.807, 2.05) is 11.8 Å². The first-order chi connectivity index (χ1) is 10.6. The van der Waals surface area contributed by atoms with E-state index in [1.54, 1.807) is 0 Å². The summed E-state index contributed by atoms with van der Waals surface area (Å²) in [5.41, 5.74) is 5.32. The van der Waals surface area contributed by atoms with Gasteiger partial charge in [-0.15, -0.1) is 0 Å². The molecule has 5 nitrogen and oxygen atoms in total. The fourth-order valence-electron chi connectivity index (χ4n) is 3.69. The Kier molecular flexibility index (Phi) is 6.68. The topological polar surface area (TPSA) is 72.6 Å². The van der Waals surface area contributed by atoms with Crippen molar-refractivity contribution in [3.05, 3.63) is 0 Å². The Bertz CT molecular complexity index is 378. The van der Waals surface area contributed by atoms with Crippen LogP contribution in [0.15, 0.2) is 0 Å². The van der Waals surface area contributed by atoms with Crippen molar-refractivity contribution in [2.75, 3.05) is 6.54 Å². The third kappa shape index (κ3) is 4.97. The molecule has 1 saturated carbocycles. The summed E-state index contributed by atoms with van der Waals surface area (Å²) >= 11 is 0. The number of nitrogens with zero attached hydrogens (tertiary/aromatic N) is 1. The van der Waals surface area contributed by atoms with Gasteiger partial charge in [-0.1, -0.05) is 25.7 Å². The van der Waals surface area contributed by atoms with Crippen LogP contribution in [0.5, 0.6) is 0 Å². The zero-order chi connectivity index (χ0) is 15.9. The third-order valence-corrected chi connectivity index (χ3v) is 4.89. The highest BCUT2D eigenvalue weighted by atomic mass is 16.5. The molecular formula is C17H30N2O3. The number of piperidine rings is 1. The number of amides is 2. The Hall–Kier alpha value is -1.10. The van der Waals surface area contributed by atoms with Crippen molar-refractivity contribution >= 4 is 11.8 Å². The molecule has 2 atom stereocenters. The largest absolute Gasteiger partial charge is 0.370 e. The van der Waals surface area contributed by atoms with E-state index >= 15 is 0 Å². The van der Waals surface area contributed by atoms with Gasteiger partial charge in [-0.3, -0.25) is 9.59 Å². The van der Waals surface area contributed by atoms with Crippen LogP contribution in [0.25, 0.3) is 0 Å². The van der Waals surface area contributed by atoms with Crippen molar-refractivity contribution in [3.8, 4) is 0 Å². The first-order valence-electron chi connectivity index (χ1n) is 8.82. The average Bonchev–Trinajstić information content (AvgIpc) is 2.75. The quantitative estimate of drug-likeness (QED) is 0.792. The Morgan fingerprint density at radius 1 is 1.09 bits per heavy atom. The monoisotopic (exact) mass is 310 g/mol. The van der Waals surface area contributed by atoms with E-state index in [1.165, 1.54) is 25.7 Å². The molecule has 2 fully saturated rings. The number of hydrogen-bond acceptors (Lipinski definition) is 3. The van der Waals surface area contributed by atoms with Crippen LogP contribution < -0.4 is 5.73 Å². The van der Waals surface area contributed by atoms with E-state index in [0.717, 1.165) is 38.6 Å². The van der Waals surface area contributed by atoms with Crippen molar-refractivity contribution in [2.45, 2.75) is 89.4 Å². The minimum absolute atomic E-state index is 0.0233. The summed E-state index contributed by atoms with van der Waals surface area (Å²) in [5.74, 6) is -0.308. The number of rotatable bonds is 5. The Morgan fingerprint density at radius 3 is 2.36 bits per heavy atom. The van der Waals surface area contributed by atoms with Crippen LogP contribution in [0.3, 0.4) is 0 Å². The van der Waals surface area contributed by atoms with Gasteiger partial charge in [-0.2, -0.15) is 0 Å². The standard InChI is InChI=1S/C17H30N2O3/c1-13(22-15-9-4-2-3-5-10-15)17(21)19-11-7-6-8-14(19)12-16(18)20/h13-15H,2-12H2,1H3,(H2,18,20)/t13-,14-/m0/s1. The van der Waals surface area contributed by atoms with Gasteiger partial charge in [0.15, 0.2) is 0 Å². The molecule has 5 heteroatoms. The van der Waals surface area contributed by atoms with Crippen molar-refractivity contribution in [3.63, 3.8) is 0 Å². The third-order valence-electron chi connectivity index (χ3n) is 4.89. The SMILES string of the molecule is C[C@H](OC1CCCCCC1)C(=O)N1CCCC[C@H]1CC(N)=O. The number of ether oxygens (including phenoxy) is 1. The van der Waals surface area contributed by atoms with E-state index in [0.29, 0.717) is 0 Å². The highest BCUT2D eigenvalue weighted by Gasteiger charge is 2.32. The summed E-state index contributed by atoms with van der Waals surface area (Å²) in [6.07, 6.45) is 10.0. The van der Waals surface area contributed by atoms with Crippen LogP contribution in [-0.4, -0.2) is 41.5 Å². The number of carbonyl (C=O) groups is 2. The fourth-order valence-corrected chi connectivity index (χ4v) is 3.69. The summed E-state index contributed by atoms with van der Waals surface area (Å²) in [6, 6.07) is -0.0427. The molecule has 0 radical (unpaired) electrons. The summed E-state index contributed by atoms with van der Waals surface area (Å²) < 4.78 is 6.03. The number of hydrogen-bond donors (Lipinski definition) is 1. The van der Waals surface area contributed by atoms with Crippen LogP contribution in [0.2, 0.25) is 0 Å². The second kappa shape index (κ2) is 8.51. The summed E-state index contributed by atoms with van der Waals surface area (Å²) in [6.45, 7) is 2.57. The van der Waals surface area contributed by atoms with Crippen LogP contribution in [0.4, 0.5) is 0 Å². The lowest BCUT2D eigenvalue weighted by molar-refractivity contribution is -0.151. The number of nitrogens with two attached hydrogens (primary N) is 1. The molecule has 2 rings (SSSR count). The van der Waals surface area contributed by atoms with Gasteiger partial charge in [0.2, 0.25) is 5.91 Å². The van der Waals surface area contributed by atoms with E-state index < -0.39 is 6.10 Å². The molecule has 0 aromatic rings. The van der Waals surface area contributed by atoms with Crippen LogP contribution in [0, 0.1) is 0 Å². The molecule has 2 amide bonds. The molecule has 0 spiro atoms. The van der Waals surface area contributed by atoms with Gasteiger partial charge in [0.25, 0.3) is 5.91 Å². The molecule has 0 bridgehead atoms. The van der Waals surface area contributed by atoms with Crippen molar-refractivity contribution in [1.82, 2.24) is 4.90 Å². The summed E-state index contributed by atoms with van der Waals surface area (Å²) in [4.78, 5) is 25.7. The first kappa shape index (κ1) is 17.3. The molecule has 0 aromatic carbocycles. The second-order valence-electron chi connectivity index (χ2n) is 6.74. The van der Waals surface area contributed by atoms with Gasteiger partial charge in [0, 0.05) is 19.0 Å². The van der Waals surface area contributed by atoms with Crippen molar-refractivity contribution in [1.29, 1.82) is 0 Å². The molecule has 2 N–H and O–H groups in total. The van der Waals surface area contributed by atoms with Crippen molar-refractivity contribution in [2.24, 2.45) is 5.73 Å². The summed E-state index contributed by atoms with van der Waals surface area (Å²) in [5, 5.41) is 0. The predicted octanol–water partition coefficient (Wildman–Crippen LogP) is 2.37. The van der Waals surface area contributed by atoms with Crippen molar-refractivity contribution < 1.29 is 14.3 Å². The molecule has 0 aromatic heterocycles. The highest BCUT2D eigenvalue weighted by Crippen LogP contribution is 2.24. The lowest BCUT2D eigenvalue weighted by atomic mass is 9.98. The molecule has 1 heterocycles. The molecule has 22 heavy (non-hydrogen) atoms. The van der Waals surface area contributed by atoms with Gasteiger partial charge in [0.1, 0.15) is 6.10 Å². The molecule has 0 unspecified atom stereocenters. The van der Waals surface area contributed by atoms with Gasteiger partial charge in [-0.25, -0.2) is 0 Å². The summed E-state index contributed by atoms with van der Waals surface area (Å²) in [7, 11) is 0. The van der Waals surface area contributed by atoms with Crippen LogP contribution in [0.1, 0.15) is 71.1 Å². The molecular weight excluding hydrogens is 280 g/mol. The lowest BCUT2D eigenvalue weighted by Gasteiger charge is -2.37. The van der Waals surface area contributed by atoms with E-state index in [2.05, 4.69) is 0 Å².